The molecule has 0 spiro atoms. The van der Waals surface area contributed by atoms with E-state index < -0.39 is 23.5 Å². The van der Waals surface area contributed by atoms with E-state index in [9.17, 15) is 18.0 Å². The summed E-state index contributed by atoms with van der Waals surface area (Å²) in [4.78, 5) is 10.5. The second-order valence-corrected chi connectivity index (χ2v) is 3.04. The molecule has 0 radical (unpaired) electrons. The van der Waals surface area contributed by atoms with Gasteiger partial charge in [-0.05, 0) is 6.08 Å². The second kappa shape index (κ2) is 5.34. The van der Waals surface area contributed by atoms with Gasteiger partial charge in [0.05, 0.1) is 0 Å². The number of hydrogen-bond donors (Lipinski definition) is 2. The molecule has 0 fully saturated rings. The van der Waals surface area contributed by atoms with E-state index in [1.54, 1.807) is 14.1 Å². The minimum atomic E-state index is -5.07. The Labute approximate surface area is 89.6 Å². The van der Waals surface area contributed by atoms with E-state index in [1.165, 1.54) is 10.8 Å². The van der Waals surface area contributed by atoms with Gasteiger partial charge in [0, 0.05) is 6.08 Å². The molecule has 0 aliphatic heterocycles. The summed E-state index contributed by atoms with van der Waals surface area (Å²) < 4.78 is 37.6. The third-order valence-electron chi connectivity index (χ3n) is 1.40. The average molecular weight is 238 g/mol. The number of carboxylic acid groups (broad SMARTS) is 1. The summed E-state index contributed by atoms with van der Waals surface area (Å²) in [6.45, 7) is 0. The number of allylic oxidation sites excluding steroid dienone is 2. The van der Waals surface area contributed by atoms with Crippen molar-refractivity contribution in [3.63, 3.8) is 0 Å². The van der Waals surface area contributed by atoms with Crippen molar-refractivity contribution in [3.8, 4) is 0 Å². The van der Waals surface area contributed by atoms with Crippen molar-refractivity contribution in [1.29, 1.82) is 0 Å². The first-order valence-corrected chi connectivity index (χ1v) is 4.08. The smallest absolute Gasteiger partial charge is 0.449 e. The molecule has 90 valence electrons. The molecule has 2 N–H and O–H groups in total. The van der Waals surface area contributed by atoms with E-state index >= 15 is 0 Å². The number of halogens is 3. The summed E-state index contributed by atoms with van der Waals surface area (Å²) >= 11 is 0. The van der Waals surface area contributed by atoms with Crippen LogP contribution < -0.4 is 0 Å². The minimum absolute atomic E-state index is 0.672. The third-order valence-corrected chi connectivity index (χ3v) is 1.40. The van der Waals surface area contributed by atoms with Gasteiger partial charge < -0.3 is 10.2 Å². The molecule has 0 aliphatic rings. The lowest BCUT2D eigenvalue weighted by Crippen LogP contribution is -2.17. The lowest BCUT2D eigenvalue weighted by Gasteiger charge is -2.06. The minimum Gasteiger partial charge on any atom is -0.504 e. The van der Waals surface area contributed by atoms with Gasteiger partial charge in [0.25, 0.3) is 0 Å². The summed E-state index contributed by atoms with van der Waals surface area (Å²) in [5, 5.41) is 17.2. The first-order valence-electron chi connectivity index (χ1n) is 4.08. The Hall–Kier alpha value is -1.79. The maximum Gasteiger partial charge on any atom is 0.449 e. The van der Waals surface area contributed by atoms with Crippen molar-refractivity contribution in [3.05, 3.63) is 23.5 Å². The predicted octanol–water partition coefficient (Wildman–Crippen LogP) is 1.34. The molecule has 0 heterocycles. The lowest BCUT2D eigenvalue weighted by molar-refractivity contribution is -0.458. The molecule has 0 saturated carbocycles. The Morgan fingerprint density at radius 3 is 2.06 bits per heavy atom. The fourth-order valence-electron chi connectivity index (χ4n) is 0.716. The fourth-order valence-corrected chi connectivity index (χ4v) is 0.716. The maximum atomic E-state index is 12.0. The summed E-state index contributed by atoms with van der Waals surface area (Å²) in [6, 6.07) is 0. The number of aliphatic carboxylic acids is 1. The van der Waals surface area contributed by atoms with Crippen LogP contribution in [0, 0.1) is 0 Å². The van der Waals surface area contributed by atoms with Gasteiger partial charge in [0.1, 0.15) is 19.7 Å². The highest BCUT2D eigenvalue weighted by molar-refractivity contribution is 5.91. The van der Waals surface area contributed by atoms with E-state index in [0.29, 0.717) is 6.08 Å². The molecule has 0 aliphatic carbocycles. The van der Waals surface area contributed by atoms with Gasteiger partial charge in [0.15, 0.2) is 6.21 Å². The topological polar surface area (TPSA) is 60.5 Å². The largest absolute Gasteiger partial charge is 0.504 e. The van der Waals surface area contributed by atoms with Crippen molar-refractivity contribution in [2.24, 2.45) is 0 Å². The van der Waals surface area contributed by atoms with Gasteiger partial charge in [-0.3, -0.25) is 0 Å². The van der Waals surface area contributed by atoms with Crippen LogP contribution in [-0.4, -0.2) is 47.2 Å². The van der Waals surface area contributed by atoms with E-state index in [2.05, 4.69) is 0 Å². The zero-order valence-electron chi connectivity index (χ0n) is 8.62. The molecular weight excluding hydrogens is 227 g/mol. The van der Waals surface area contributed by atoms with Crippen LogP contribution in [0.25, 0.3) is 0 Å². The number of hydrogen-bond acceptors (Lipinski definition) is 2. The molecule has 0 unspecified atom stereocenters. The van der Waals surface area contributed by atoms with Crippen LogP contribution >= 0.6 is 0 Å². The van der Waals surface area contributed by atoms with E-state index in [4.69, 9.17) is 10.2 Å². The highest BCUT2D eigenvalue weighted by Gasteiger charge is 2.37. The highest BCUT2D eigenvalue weighted by atomic mass is 19.4. The number of aliphatic hydroxyl groups is 1. The van der Waals surface area contributed by atoms with E-state index in [1.807, 2.05) is 0 Å². The van der Waals surface area contributed by atoms with Crippen LogP contribution in [0.1, 0.15) is 0 Å². The predicted molar refractivity (Wildman–Crippen MR) is 50.7 cm³/mol. The van der Waals surface area contributed by atoms with Gasteiger partial charge in [-0.25, -0.2) is 9.37 Å². The molecule has 7 heteroatoms. The quantitative estimate of drug-likeness (QED) is 0.256. The fraction of sp³-hybridized carbons (Fsp3) is 0.333. The van der Waals surface area contributed by atoms with Crippen LogP contribution in [0.5, 0.6) is 0 Å². The van der Waals surface area contributed by atoms with Crippen molar-refractivity contribution >= 4 is 12.2 Å². The lowest BCUT2D eigenvalue weighted by atomic mass is 10.2. The molecule has 0 atom stereocenters. The zero-order valence-corrected chi connectivity index (χ0v) is 8.62. The summed E-state index contributed by atoms with van der Waals surface area (Å²) in [7, 11) is 3.22. The number of alkyl halides is 3. The normalized spacial score (nSPS) is 13.6. The summed E-state index contributed by atoms with van der Waals surface area (Å²) in [6.07, 6.45) is -1.97. The molecule has 0 aromatic heterocycles. The highest BCUT2D eigenvalue weighted by Crippen LogP contribution is 2.26. The monoisotopic (exact) mass is 238 g/mol. The summed E-state index contributed by atoms with van der Waals surface area (Å²) in [5.41, 5.74) is -1.20. The molecule has 0 aromatic carbocycles. The number of carbonyl (C=O) groups is 1. The van der Waals surface area contributed by atoms with Crippen LogP contribution in [0.4, 0.5) is 13.2 Å². The second-order valence-electron chi connectivity index (χ2n) is 3.04. The summed E-state index contributed by atoms with van der Waals surface area (Å²) in [5.74, 6) is -3.97. The number of carboxylic acids is 1. The Morgan fingerprint density at radius 1 is 1.25 bits per heavy atom. The van der Waals surface area contributed by atoms with Gasteiger partial charge in [-0.2, -0.15) is 13.2 Å². The van der Waals surface area contributed by atoms with Crippen molar-refractivity contribution in [2.45, 2.75) is 6.18 Å². The first-order chi connectivity index (χ1) is 7.16. The number of rotatable bonds is 3. The van der Waals surface area contributed by atoms with Crippen molar-refractivity contribution in [1.82, 2.24) is 0 Å². The van der Waals surface area contributed by atoms with Crippen LogP contribution in [0.15, 0.2) is 23.5 Å². The van der Waals surface area contributed by atoms with Crippen molar-refractivity contribution < 1.29 is 32.8 Å². The third kappa shape index (κ3) is 4.63. The average Bonchev–Trinajstić information content (AvgIpc) is 2.08. The molecular formula is C9H11F3NO3+. The first kappa shape index (κ1) is 14.2. The van der Waals surface area contributed by atoms with Crippen LogP contribution in [0.3, 0.4) is 0 Å². The molecule has 4 nitrogen and oxygen atoms in total. The molecule has 16 heavy (non-hydrogen) atoms. The molecule has 0 bridgehead atoms. The maximum absolute atomic E-state index is 12.0. The van der Waals surface area contributed by atoms with E-state index in [0.717, 1.165) is 6.08 Å². The van der Waals surface area contributed by atoms with Gasteiger partial charge in [0.2, 0.25) is 5.76 Å². The van der Waals surface area contributed by atoms with Gasteiger partial charge >= 0.3 is 12.1 Å². The number of nitrogens with zero attached hydrogens (tertiary/aromatic N) is 1. The molecule has 0 amide bonds. The molecule has 0 aromatic rings. The Balaban J connectivity index is 5.27. The van der Waals surface area contributed by atoms with E-state index in [-0.39, 0.29) is 0 Å². The Morgan fingerprint density at radius 2 is 1.75 bits per heavy atom. The zero-order chi connectivity index (χ0) is 12.9. The van der Waals surface area contributed by atoms with Crippen molar-refractivity contribution in [2.75, 3.05) is 14.1 Å². The van der Waals surface area contributed by atoms with Gasteiger partial charge in [-0.1, -0.05) is 0 Å². The Bertz CT molecular complexity index is 363. The Kier molecular flexibility index (Phi) is 4.74. The van der Waals surface area contributed by atoms with Gasteiger partial charge in [-0.15, -0.1) is 0 Å². The molecule has 0 rings (SSSR count). The number of aliphatic hydroxyl groups excluding tert-OH is 1. The SMILES string of the molecule is C[N+](C)=CC=CC(C(=O)O)=C(O)C(F)(F)F. The standard InChI is InChI=1S/C9H10F3NO3/c1-13(2)5-3-4-6(8(15)16)7(14)9(10,11)12/h3-5H,1-2H3,(H,15,16)/p+1. The van der Waals surface area contributed by atoms with Crippen LogP contribution in [0.2, 0.25) is 0 Å². The van der Waals surface area contributed by atoms with Crippen LogP contribution in [-0.2, 0) is 4.79 Å². The molecule has 0 saturated heterocycles.